The number of nitrogens with two attached hydrogens (primary N) is 1. The average molecular weight is 253 g/mol. The van der Waals surface area contributed by atoms with Crippen LogP contribution in [-0.4, -0.2) is 15.6 Å². The maximum atomic E-state index is 5.83. The van der Waals surface area contributed by atoms with Crippen LogP contribution in [0.5, 0.6) is 0 Å². The minimum absolute atomic E-state index is 0.257. The van der Waals surface area contributed by atoms with Gasteiger partial charge in [0.1, 0.15) is 0 Å². The molecule has 0 bridgehead atoms. The second-order valence-electron chi connectivity index (χ2n) is 5.32. The third-order valence-electron chi connectivity index (χ3n) is 3.76. The fourth-order valence-electron chi connectivity index (χ4n) is 2.65. The highest BCUT2D eigenvalue weighted by atomic mass is 14.9. The first-order valence-corrected chi connectivity index (χ1v) is 6.73. The maximum absolute atomic E-state index is 5.83. The van der Waals surface area contributed by atoms with E-state index in [1.54, 1.807) is 0 Å². The van der Waals surface area contributed by atoms with Gasteiger partial charge in [-0.2, -0.15) is 0 Å². The summed E-state index contributed by atoms with van der Waals surface area (Å²) in [6.45, 7) is 2.06. The van der Waals surface area contributed by atoms with Crippen molar-refractivity contribution in [3.05, 3.63) is 42.2 Å². The minimum Gasteiger partial charge on any atom is -0.344 e. The molecule has 0 aliphatic rings. The van der Waals surface area contributed by atoms with Gasteiger partial charge in [-0.15, -0.1) is 0 Å². The minimum atomic E-state index is 0.257. The highest BCUT2D eigenvalue weighted by Crippen LogP contribution is 2.28. The van der Waals surface area contributed by atoms with Gasteiger partial charge in [0.05, 0.1) is 5.52 Å². The van der Waals surface area contributed by atoms with E-state index in [2.05, 4.69) is 47.8 Å². The Hall–Kier alpha value is -1.87. The Labute approximate surface area is 113 Å². The number of aryl methyl sites for hydroxylation is 2. The first-order chi connectivity index (χ1) is 9.16. The molecule has 0 saturated heterocycles. The number of benzene rings is 1. The fourth-order valence-corrected chi connectivity index (χ4v) is 2.65. The van der Waals surface area contributed by atoms with Gasteiger partial charge in [0.15, 0.2) is 0 Å². The van der Waals surface area contributed by atoms with Crippen LogP contribution in [-0.2, 0) is 13.5 Å². The summed E-state index contributed by atoms with van der Waals surface area (Å²) < 4.78 is 2.24. The smallest absolute Gasteiger partial charge is 0.0519 e. The molecule has 0 spiro atoms. The van der Waals surface area contributed by atoms with Crippen molar-refractivity contribution in [2.75, 3.05) is 0 Å². The van der Waals surface area contributed by atoms with E-state index in [0.29, 0.717) is 0 Å². The summed E-state index contributed by atoms with van der Waals surface area (Å²) in [6.07, 6.45) is 5.85. The molecular formula is C16H19N3. The second-order valence-corrected chi connectivity index (χ2v) is 5.32. The Morgan fingerprint density at radius 1 is 1.21 bits per heavy atom. The molecule has 19 heavy (non-hydrogen) atoms. The van der Waals surface area contributed by atoms with E-state index in [-0.39, 0.29) is 6.04 Å². The quantitative estimate of drug-likeness (QED) is 0.779. The van der Waals surface area contributed by atoms with Crippen molar-refractivity contribution in [2.24, 2.45) is 12.8 Å². The number of hydrogen-bond donors (Lipinski definition) is 1. The summed E-state index contributed by atoms with van der Waals surface area (Å²) in [6, 6.07) is 9.01. The summed E-state index contributed by atoms with van der Waals surface area (Å²) in [5, 5.41) is 2.49. The molecule has 3 aromatic rings. The molecule has 3 rings (SSSR count). The lowest BCUT2D eigenvalue weighted by Crippen LogP contribution is -2.15. The molecular weight excluding hydrogens is 234 g/mol. The van der Waals surface area contributed by atoms with Crippen LogP contribution in [0.3, 0.4) is 0 Å². The molecule has 2 N–H and O–H groups in total. The molecule has 0 saturated carbocycles. The number of rotatable bonds is 3. The summed E-state index contributed by atoms with van der Waals surface area (Å²) in [7, 11) is 2.11. The lowest BCUT2D eigenvalue weighted by atomic mass is 10.0. The van der Waals surface area contributed by atoms with Crippen molar-refractivity contribution in [3.8, 4) is 0 Å². The van der Waals surface area contributed by atoms with Crippen LogP contribution in [0.1, 0.15) is 18.9 Å². The maximum Gasteiger partial charge on any atom is 0.0519 e. The van der Waals surface area contributed by atoms with Crippen LogP contribution in [0, 0.1) is 0 Å². The van der Waals surface area contributed by atoms with Gasteiger partial charge in [0.25, 0.3) is 0 Å². The predicted molar refractivity (Wildman–Crippen MR) is 80.2 cm³/mol. The topological polar surface area (TPSA) is 43.8 Å². The Balaban J connectivity index is 2.12. The van der Waals surface area contributed by atoms with Gasteiger partial charge >= 0.3 is 0 Å². The number of nitrogens with zero attached hydrogens (tertiary/aromatic N) is 2. The van der Waals surface area contributed by atoms with Crippen molar-refractivity contribution in [2.45, 2.75) is 25.8 Å². The second kappa shape index (κ2) is 4.67. The van der Waals surface area contributed by atoms with Crippen molar-refractivity contribution in [1.82, 2.24) is 9.55 Å². The van der Waals surface area contributed by atoms with Gasteiger partial charge in [0.2, 0.25) is 0 Å². The Morgan fingerprint density at radius 2 is 2.05 bits per heavy atom. The van der Waals surface area contributed by atoms with Crippen LogP contribution < -0.4 is 5.73 Å². The first-order valence-electron chi connectivity index (χ1n) is 6.73. The molecule has 1 atom stereocenters. The van der Waals surface area contributed by atoms with Gasteiger partial charge < -0.3 is 10.3 Å². The standard InChI is InChI=1S/C16H19N3/c1-11(17)3-4-12-5-6-13-14-10-18-8-7-15(14)19(2)16(13)9-12/h5-11H,3-4,17H2,1-2H3. The van der Waals surface area contributed by atoms with Crippen molar-refractivity contribution in [3.63, 3.8) is 0 Å². The van der Waals surface area contributed by atoms with Gasteiger partial charge in [-0.3, -0.25) is 4.98 Å². The van der Waals surface area contributed by atoms with Crippen LogP contribution in [0.4, 0.5) is 0 Å². The van der Waals surface area contributed by atoms with E-state index < -0.39 is 0 Å². The van der Waals surface area contributed by atoms with E-state index in [1.807, 2.05) is 12.4 Å². The summed E-state index contributed by atoms with van der Waals surface area (Å²) in [5.74, 6) is 0. The molecule has 3 nitrogen and oxygen atoms in total. The van der Waals surface area contributed by atoms with E-state index in [0.717, 1.165) is 12.8 Å². The summed E-state index contributed by atoms with van der Waals surface area (Å²) in [5.41, 5.74) is 9.68. The van der Waals surface area contributed by atoms with Crippen molar-refractivity contribution >= 4 is 21.8 Å². The van der Waals surface area contributed by atoms with Crippen LogP contribution >= 0.6 is 0 Å². The van der Waals surface area contributed by atoms with Gasteiger partial charge in [-0.1, -0.05) is 12.1 Å². The van der Waals surface area contributed by atoms with E-state index in [9.17, 15) is 0 Å². The Kier molecular flexibility index (Phi) is 2.99. The third-order valence-corrected chi connectivity index (χ3v) is 3.76. The number of pyridine rings is 1. The molecule has 0 radical (unpaired) electrons. The van der Waals surface area contributed by atoms with E-state index >= 15 is 0 Å². The van der Waals surface area contributed by atoms with Gasteiger partial charge in [0, 0.05) is 41.8 Å². The first kappa shape index (κ1) is 12.2. The van der Waals surface area contributed by atoms with Gasteiger partial charge in [-0.25, -0.2) is 0 Å². The molecule has 2 heterocycles. The predicted octanol–water partition coefficient (Wildman–Crippen LogP) is 3.01. The largest absolute Gasteiger partial charge is 0.344 e. The average Bonchev–Trinajstić information content (AvgIpc) is 2.71. The summed E-state index contributed by atoms with van der Waals surface area (Å²) >= 11 is 0. The highest BCUT2D eigenvalue weighted by molar-refractivity contribution is 6.07. The molecule has 3 heteroatoms. The Bertz CT molecular complexity index is 725. The van der Waals surface area contributed by atoms with Crippen molar-refractivity contribution in [1.29, 1.82) is 0 Å². The number of aromatic nitrogens is 2. The Morgan fingerprint density at radius 3 is 2.84 bits per heavy atom. The van der Waals surface area contributed by atoms with Crippen molar-refractivity contribution < 1.29 is 0 Å². The van der Waals surface area contributed by atoms with Gasteiger partial charge in [-0.05, 0) is 37.5 Å². The molecule has 0 aliphatic heterocycles. The molecule has 2 aromatic heterocycles. The number of hydrogen-bond acceptors (Lipinski definition) is 2. The molecule has 1 aromatic carbocycles. The molecule has 98 valence electrons. The lowest BCUT2D eigenvalue weighted by Gasteiger charge is -2.06. The molecule has 0 aliphatic carbocycles. The zero-order chi connectivity index (χ0) is 13.4. The molecule has 0 fully saturated rings. The monoisotopic (exact) mass is 253 g/mol. The SMILES string of the molecule is CC(N)CCc1ccc2c3cnccc3n(C)c2c1. The zero-order valence-electron chi connectivity index (χ0n) is 11.4. The van der Waals surface area contributed by atoms with E-state index in [4.69, 9.17) is 5.73 Å². The number of fused-ring (bicyclic) bond motifs is 3. The van der Waals surface area contributed by atoms with Crippen LogP contribution in [0.2, 0.25) is 0 Å². The molecule has 1 unspecified atom stereocenters. The van der Waals surface area contributed by atoms with Crippen LogP contribution in [0.25, 0.3) is 21.8 Å². The lowest BCUT2D eigenvalue weighted by molar-refractivity contribution is 0.666. The van der Waals surface area contributed by atoms with Crippen LogP contribution in [0.15, 0.2) is 36.7 Å². The molecule has 0 amide bonds. The van der Waals surface area contributed by atoms with E-state index in [1.165, 1.54) is 27.4 Å². The fraction of sp³-hybridized carbons (Fsp3) is 0.312. The summed E-state index contributed by atoms with van der Waals surface area (Å²) in [4.78, 5) is 4.23. The third kappa shape index (κ3) is 2.10. The zero-order valence-corrected chi connectivity index (χ0v) is 11.4. The highest BCUT2D eigenvalue weighted by Gasteiger charge is 2.08. The normalized spacial score (nSPS) is 13.2.